The number of likely N-dealkylation sites (N-methyl/N-ethyl adjacent to an activating group) is 1. The standard InChI is InChI=1S/C50H82NO11P/c1-6-8-10-11-12-13-14-15-16-17-18-19-20-21-22-23-24-25-30-34-49(55)59-41-44(42-61-63(57,58)60-39-38-51(3,4)5)62-50(56)35-31-27-26-29-33-45-46(48(54)40-47(45)53)37-36-43(52)32-28-9-7-2/h8,10,12-13,15-16,18-19,21-22,24-26,29,36-37,43-48,52-54H,6-7,9,11,14,17,20,23,27-28,30-35,38-42H2,1-5H3/p+1/b10-8-,13-12-,16-15-,19-18-,22-21-,25-24-,29-26+,37-36+/t43-,44+,45+,46+,47-,48+/m0/s1. The van der Waals surface area contributed by atoms with Gasteiger partial charge in [-0.1, -0.05) is 130 Å². The highest BCUT2D eigenvalue weighted by atomic mass is 31.2. The average Bonchev–Trinajstić information content (AvgIpc) is 3.50. The van der Waals surface area contributed by atoms with Gasteiger partial charge in [-0.2, -0.15) is 0 Å². The summed E-state index contributed by atoms with van der Waals surface area (Å²) in [6, 6.07) is 0. The molecule has 0 bridgehead atoms. The smallest absolute Gasteiger partial charge is 0.462 e. The van der Waals surface area contributed by atoms with Crippen LogP contribution in [0, 0.1) is 11.8 Å². The van der Waals surface area contributed by atoms with E-state index in [1.165, 1.54) is 0 Å². The number of ether oxygens (including phenoxy) is 2. The van der Waals surface area contributed by atoms with Crippen molar-refractivity contribution < 1.29 is 57.4 Å². The van der Waals surface area contributed by atoms with Gasteiger partial charge in [0.2, 0.25) is 0 Å². The SMILES string of the molecule is CC/C=C\C/C=C\C/C=C\C/C=C\C/C=C\C/C=C\CCC(=O)OC[C@H](COP(=O)(O)OCC[N+](C)(C)C)OC(=O)CCC/C=C/C[C@@H]1[C@@H](/C=C/[C@@H](O)CCCCC)[C@H](O)C[C@@H]1O. The van der Waals surface area contributed by atoms with Crippen molar-refractivity contribution in [2.45, 2.75) is 147 Å². The van der Waals surface area contributed by atoms with Crippen molar-refractivity contribution in [3.8, 4) is 0 Å². The number of unbranched alkanes of at least 4 members (excludes halogenated alkanes) is 3. The lowest BCUT2D eigenvalue weighted by atomic mass is 9.89. The first-order valence-corrected chi connectivity index (χ1v) is 24.7. The summed E-state index contributed by atoms with van der Waals surface area (Å²) in [5.74, 6) is -1.54. The molecular weight excluding hydrogens is 822 g/mol. The van der Waals surface area contributed by atoms with Crippen molar-refractivity contribution >= 4 is 19.8 Å². The zero-order valence-corrected chi connectivity index (χ0v) is 40.0. The molecule has 1 saturated carbocycles. The molecule has 0 saturated heterocycles. The molecule has 358 valence electrons. The van der Waals surface area contributed by atoms with Gasteiger partial charge in [-0.05, 0) is 76.5 Å². The fourth-order valence-electron chi connectivity index (χ4n) is 6.50. The molecule has 0 aliphatic heterocycles. The number of aliphatic hydroxyl groups is 3. The first-order valence-electron chi connectivity index (χ1n) is 23.2. The third-order valence-electron chi connectivity index (χ3n) is 10.2. The number of phosphoric ester groups is 1. The zero-order valence-electron chi connectivity index (χ0n) is 39.1. The van der Waals surface area contributed by atoms with Crippen LogP contribution < -0.4 is 0 Å². The van der Waals surface area contributed by atoms with Crippen LogP contribution in [0.5, 0.6) is 0 Å². The van der Waals surface area contributed by atoms with E-state index in [0.29, 0.717) is 43.1 Å². The first-order chi connectivity index (χ1) is 30.2. The van der Waals surface area contributed by atoms with Gasteiger partial charge in [-0.25, -0.2) is 4.57 Å². The van der Waals surface area contributed by atoms with Crippen LogP contribution in [0.15, 0.2) is 97.2 Å². The summed E-state index contributed by atoms with van der Waals surface area (Å²) >= 11 is 0. The number of carbonyl (C=O) groups excluding carboxylic acids is 2. The molecular formula is C50H83NO11P+. The van der Waals surface area contributed by atoms with Crippen LogP contribution in [0.25, 0.3) is 0 Å². The third-order valence-corrected chi connectivity index (χ3v) is 11.2. The molecule has 1 aliphatic carbocycles. The number of phosphoric acid groups is 1. The van der Waals surface area contributed by atoms with Gasteiger partial charge in [-0.3, -0.25) is 18.6 Å². The molecule has 0 spiro atoms. The Hall–Kier alpha value is -3.19. The predicted molar refractivity (Wildman–Crippen MR) is 253 cm³/mol. The van der Waals surface area contributed by atoms with Gasteiger partial charge in [0, 0.05) is 25.2 Å². The van der Waals surface area contributed by atoms with Gasteiger partial charge >= 0.3 is 19.8 Å². The van der Waals surface area contributed by atoms with E-state index in [1.54, 1.807) is 6.08 Å². The third kappa shape index (κ3) is 33.0. The number of hydrogen-bond acceptors (Lipinski definition) is 10. The maximum absolute atomic E-state index is 12.8. The molecule has 13 heteroatoms. The summed E-state index contributed by atoms with van der Waals surface area (Å²) in [6.07, 6.45) is 41.4. The summed E-state index contributed by atoms with van der Waals surface area (Å²) in [6.45, 7) is 3.81. The maximum atomic E-state index is 12.8. The van der Waals surface area contributed by atoms with E-state index in [-0.39, 0.29) is 44.3 Å². The number of rotatable bonds is 36. The second-order valence-corrected chi connectivity index (χ2v) is 18.5. The molecule has 1 aliphatic rings. The summed E-state index contributed by atoms with van der Waals surface area (Å²) in [7, 11) is 1.27. The Kier molecular flexibility index (Phi) is 33.1. The van der Waals surface area contributed by atoms with E-state index in [1.807, 2.05) is 51.5 Å². The van der Waals surface area contributed by atoms with E-state index in [4.69, 9.17) is 18.5 Å². The summed E-state index contributed by atoms with van der Waals surface area (Å²) in [4.78, 5) is 35.6. The van der Waals surface area contributed by atoms with Crippen LogP contribution in [-0.2, 0) is 32.7 Å². The van der Waals surface area contributed by atoms with E-state index in [0.717, 1.165) is 57.8 Å². The van der Waals surface area contributed by atoms with E-state index >= 15 is 0 Å². The number of esters is 2. The minimum absolute atomic E-state index is 0.0290. The molecule has 0 aromatic heterocycles. The highest BCUT2D eigenvalue weighted by Crippen LogP contribution is 2.43. The van der Waals surface area contributed by atoms with E-state index in [9.17, 15) is 34.4 Å². The number of allylic oxidation sites excluding steroid dienone is 14. The lowest BCUT2D eigenvalue weighted by molar-refractivity contribution is -0.870. The molecule has 1 fully saturated rings. The highest BCUT2D eigenvalue weighted by Gasteiger charge is 2.39. The van der Waals surface area contributed by atoms with E-state index in [2.05, 4.69) is 74.6 Å². The number of hydrogen-bond donors (Lipinski definition) is 4. The summed E-state index contributed by atoms with van der Waals surface area (Å²) in [5, 5.41) is 31.4. The monoisotopic (exact) mass is 905 g/mol. The molecule has 7 atom stereocenters. The van der Waals surface area contributed by atoms with Gasteiger partial charge in [0.05, 0.1) is 46.1 Å². The van der Waals surface area contributed by atoms with Gasteiger partial charge in [0.15, 0.2) is 6.10 Å². The molecule has 0 aromatic rings. The maximum Gasteiger partial charge on any atom is 0.472 e. The summed E-state index contributed by atoms with van der Waals surface area (Å²) in [5.41, 5.74) is 0. The Morgan fingerprint density at radius 2 is 1.30 bits per heavy atom. The van der Waals surface area contributed by atoms with Crippen LogP contribution in [0.1, 0.15) is 123 Å². The van der Waals surface area contributed by atoms with Crippen molar-refractivity contribution in [2.24, 2.45) is 11.8 Å². The second kappa shape index (κ2) is 36.1. The largest absolute Gasteiger partial charge is 0.472 e. The molecule has 63 heavy (non-hydrogen) atoms. The first kappa shape index (κ1) is 57.8. The van der Waals surface area contributed by atoms with Crippen LogP contribution in [-0.4, -0.2) is 109 Å². The Bertz CT molecular complexity index is 1510. The van der Waals surface area contributed by atoms with Crippen molar-refractivity contribution in [1.29, 1.82) is 0 Å². The number of nitrogens with zero attached hydrogens (tertiary/aromatic N) is 1. The molecule has 12 nitrogen and oxygen atoms in total. The zero-order chi connectivity index (χ0) is 46.6. The van der Waals surface area contributed by atoms with Crippen molar-refractivity contribution in [3.63, 3.8) is 0 Å². The number of carbonyl (C=O) groups is 2. The predicted octanol–water partition coefficient (Wildman–Crippen LogP) is 9.73. The fraction of sp³-hybridized carbons (Fsp3) is 0.640. The fourth-order valence-corrected chi connectivity index (χ4v) is 7.24. The molecule has 1 unspecified atom stereocenters. The highest BCUT2D eigenvalue weighted by molar-refractivity contribution is 7.47. The van der Waals surface area contributed by atoms with E-state index < -0.39 is 50.8 Å². The van der Waals surface area contributed by atoms with Gasteiger partial charge < -0.3 is 34.2 Å². The lowest BCUT2D eigenvalue weighted by Gasteiger charge is -2.24. The normalized spacial score (nSPS) is 20.8. The topological polar surface area (TPSA) is 169 Å². The van der Waals surface area contributed by atoms with Crippen LogP contribution in [0.3, 0.4) is 0 Å². The Morgan fingerprint density at radius 3 is 1.89 bits per heavy atom. The Balaban J connectivity index is 2.55. The van der Waals surface area contributed by atoms with Crippen molar-refractivity contribution in [2.75, 3.05) is 47.5 Å². The number of quaternary nitrogens is 1. The molecule has 1 rings (SSSR count). The molecule has 0 aromatic carbocycles. The quantitative estimate of drug-likeness (QED) is 0.0155. The Labute approximate surface area is 380 Å². The molecule has 0 amide bonds. The van der Waals surface area contributed by atoms with Crippen molar-refractivity contribution in [1.82, 2.24) is 0 Å². The summed E-state index contributed by atoms with van der Waals surface area (Å²) < 4.78 is 34.2. The molecule has 0 heterocycles. The van der Waals surface area contributed by atoms with Gasteiger partial charge in [0.1, 0.15) is 19.8 Å². The van der Waals surface area contributed by atoms with Gasteiger partial charge in [-0.15, -0.1) is 0 Å². The van der Waals surface area contributed by atoms with Gasteiger partial charge in [0.25, 0.3) is 0 Å². The Morgan fingerprint density at radius 1 is 0.714 bits per heavy atom. The minimum Gasteiger partial charge on any atom is -0.462 e. The lowest BCUT2D eigenvalue weighted by Crippen LogP contribution is -2.37. The second-order valence-electron chi connectivity index (χ2n) is 17.0. The van der Waals surface area contributed by atoms with Crippen molar-refractivity contribution in [3.05, 3.63) is 97.2 Å². The number of aliphatic hydroxyl groups excluding tert-OH is 3. The minimum atomic E-state index is -4.47. The molecule has 0 radical (unpaired) electrons. The van der Waals surface area contributed by atoms with Crippen LogP contribution in [0.4, 0.5) is 0 Å². The van der Waals surface area contributed by atoms with Crippen LogP contribution >= 0.6 is 7.82 Å². The molecule has 4 N–H and O–H groups in total. The van der Waals surface area contributed by atoms with Crippen LogP contribution in [0.2, 0.25) is 0 Å². The average molecular weight is 905 g/mol.